The quantitative estimate of drug-likeness (QED) is 0.0137. The number of carboxylic acid groups (broad SMARTS) is 1. The third-order valence-electron chi connectivity index (χ3n) is 23.4. The zero-order valence-electron chi connectivity index (χ0n) is 75.6. The standard InChI is InChI=1S/C89H123N21O22S/c1-9-11-24-71(107(7)89(132)73(25-12-10-2)108(8)86(129)67(35-54-40-95-63-22-16-14-20-60(54)63)103-82(125)69(45-112)104-79(122)61(90)34-53-39-94-62-21-15-13-19-59(53)62)83(126)98-49(3)77(120)105-70(80(123)96-42-74(91)116)46-133-47-75(117)99-66(33-52-27-29-57(114)30-28-52)85(128)106(6)50(4)78(121)102-68(38-76(118)119)88(131)109-32-18-26-72(109)84(127)101-65(36-55-41-92-48-97-55)81(124)100-64(23-17-31-93-51(5)113)87(130)110-43-58(115)37-56(110)44-111/h13-16,19-22,27-30,39-41,44,48-50,56,58,61,64-73,94-95,112,114-115H,9-12,17-18,23-26,31-38,42-43,45-47,90H2,1-8H3,(H2,91,116)(H,92,97)(H,93,113)(H,96,123)(H,98,126)(H,99,117)(H,100,124)(H,101,127)(H,102,121)(H,103,125)(H,104,122)(H,105,120)(H,118,119)/t49-,50-,56-,58+,61-,64-,65-,66-,67-,68-,69-,70-,71-,72-,73-/m0/s1. The second-order valence-electron chi connectivity index (χ2n) is 33.3. The summed E-state index contributed by atoms with van der Waals surface area (Å²) in [6.45, 7) is 5.69. The number of nitrogens with two attached hydrogens (primary N) is 2. The molecule has 2 saturated heterocycles. The molecule has 0 saturated carbocycles. The maximum absolute atomic E-state index is 15.2. The number of aldehydes is 1. The maximum atomic E-state index is 15.2. The number of imidazole rings is 1. The summed E-state index contributed by atoms with van der Waals surface area (Å²) in [5, 5.41) is 68.5. The highest BCUT2D eigenvalue weighted by molar-refractivity contribution is 8.00. The first-order valence-electron chi connectivity index (χ1n) is 44.1. The molecule has 133 heavy (non-hydrogen) atoms. The molecule has 2 aliphatic heterocycles. The van der Waals surface area contributed by atoms with Crippen molar-refractivity contribution in [1.29, 1.82) is 0 Å². The van der Waals surface area contributed by atoms with Crippen LogP contribution >= 0.6 is 11.8 Å². The number of phenolic OH excluding ortho intramolecular Hbond substituents is 1. The van der Waals surface area contributed by atoms with Crippen molar-refractivity contribution in [3.05, 3.63) is 120 Å². The van der Waals surface area contributed by atoms with E-state index in [2.05, 4.69) is 73.1 Å². The number of primary amides is 1. The number of aromatic hydroxyl groups is 1. The Morgan fingerprint density at radius 3 is 1.79 bits per heavy atom. The number of hydrogen-bond acceptors (Lipinski definition) is 24. The second kappa shape index (κ2) is 50.9. The fourth-order valence-electron chi connectivity index (χ4n) is 15.8. The van der Waals surface area contributed by atoms with Gasteiger partial charge in [-0.05, 0) is 99.7 Å². The number of likely N-dealkylation sites (tertiary alicyclic amines) is 2. The molecule has 5 heterocycles. The van der Waals surface area contributed by atoms with E-state index in [1.807, 2.05) is 50.2 Å². The van der Waals surface area contributed by atoms with E-state index in [1.54, 1.807) is 24.5 Å². The van der Waals surface area contributed by atoms with Crippen molar-refractivity contribution >= 4 is 140 Å². The molecule has 0 aliphatic carbocycles. The number of aromatic amines is 3. The van der Waals surface area contributed by atoms with Crippen LogP contribution in [-0.2, 0) is 112 Å². The monoisotopic (exact) mass is 1870 g/mol. The summed E-state index contributed by atoms with van der Waals surface area (Å²) in [6, 6.07) is 0.209. The van der Waals surface area contributed by atoms with Crippen LogP contribution in [0.25, 0.3) is 21.8 Å². The molecule has 722 valence electrons. The minimum Gasteiger partial charge on any atom is -0.508 e. The molecule has 0 bridgehead atoms. The average Bonchev–Trinajstić information content (AvgIpc) is 1.01. The average molecular weight is 1870 g/mol. The number of phenols is 1. The number of aliphatic hydroxyl groups excluding tert-OH is 2. The number of benzene rings is 3. The molecule has 2 fully saturated rings. The largest absolute Gasteiger partial charge is 0.508 e. The lowest BCUT2D eigenvalue weighted by atomic mass is 10.00. The number of amides is 16. The predicted molar refractivity (Wildman–Crippen MR) is 485 cm³/mol. The molecule has 2 aliphatic rings. The number of carbonyl (C=O) groups is 18. The number of H-pyrrole nitrogens is 3. The van der Waals surface area contributed by atoms with E-state index < -0.39 is 216 Å². The van der Waals surface area contributed by atoms with Gasteiger partial charge in [0.15, 0.2) is 0 Å². The summed E-state index contributed by atoms with van der Waals surface area (Å²) in [5.74, 6) is -16.3. The molecular formula is C89H123N21O22S. The van der Waals surface area contributed by atoms with Gasteiger partial charge in [-0.1, -0.05) is 88.1 Å². The molecule has 3 aromatic heterocycles. The first-order chi connectivity index (χ1) is 63.4. The third kappa shape index (κ3) is 30.1. The first-order valence-corrected chi connectivity index (χ1v) is 45.3. The number of carboxylic acids is 1. The van der Waals surface area contributed by atoms with Gasteiger partial charge in [-0.3, -0.25) is 81.5 Å². The van der Waals surface area contributed by atoms with Gasteiger partial charge in [0.25, 0.3) is 0 Å². The van der Waals surface area contributed by atoms with Gasteiger partial charge in [0.05, 0.1) is 49.8 Å². The van der Waals surface area contributed by atoms with E-state index in [-0.39, 0.29) is 102 Å². The van der Waals surface area contributed by atoms with Crippen LogP contribution in [0, 0.1) is 0 Å². The van der Waals surface area contributed by atoms with Crippen molar-refractivity contribution in [3.8, 4) is 5.75 Å². The molecule has 21 N–H and O–H groups in total. The second-order valence-corrected chi connectivity index (χ2v) is 34.4. The Balaban J connectivity index is 0.916. The number of aromatic nitrogens is 4. The first kappa shape index (κ1) is 105. The highest BCUT2D eigenvalue weighted by atomic mass is 32.2. The lowest BCUT2D eigenvalue weighted by Gasteiger charge is -2.36. The van der Waals surface area contributed by atoms with Crippen LogP contribution in [0.4, 0.5) is 0 Å². The summed E-state index contributed by atoms with van der Waals surface area (Å²) in [5.41, 5.74) is 15.3. The van der Waals surface area contributed by atoms with Gasteiger partial charge < -0.3 is 129 Å². The summed E-state index contributed by atoms with van der Waals surface area (Å²) >= 11 is 0.762. The fourth-order valence-corrected chi connectivity index (χ4v) is 16.6. The van der Waals surface area contributed by atoms with Gasteiger partial charge in [0, 0.05) is 125 Å². The predicted octanol–water partition coefficient (Wildman–Crippen LogP) is -2.67. The van der Waals surface area contributed by atoms with Crippen LogP contribution < -0.4 is 64.6 Å². The zero-order chi connectivity index (χ0) is 97.4. The molecule has 0 spiro atoms. The summed E-state index contributed by atoms with van der Waals surface area (Å²) in [4.78, 5) is 269. The van der Waals surface area contributed by atoms with E-state index in [1.165, 1.54) is 88.5 Å². The van der Waals surface area contributed by atoms with Crippen molar-refractivity contribution in [3.63, 3.8) is 0 Å². The number of β-amino-alcohol motifs (C(OH)–C–C–N with tert-alkyl or cyclic N) is 1. The van der Waals surface area contributed by atoms with Gasteiger partial charge in [0.2, 0.25) is 94.5 Å². The Kier molecular flexibility index (Phi) is 40.2. The molecular weight excluding hydrogens is 1750 g/mol. The van der Waals surface area contributed by atoms with Crippen molar-refractivity contribution in [1.82, 2.24) is 97.6 Å². The van der Waals surface area contributed by atoms with Crippen LogP contribution in [0.5, 0.6) is 5.75 Å². The molecule has 3 aromatic carbocycles. The molecule has 8 rings (SSSR count). The maximum Gasteiger partial charge on any atom is 0.305 e. The minimum atomic E-state index is -1.88. The van der Waals surface area contributed by atoms with E-state index >= 15 is 9.59 Å². The Hall–Kier alpha value is -13.4. The number of likely N-dealkylation sites (N-methyl/N-ethyl adjacent to an activating group) is 3. The number of fused-ring (bicyclic) bond motifs is 2. The summed E-state index contributed by atoms with van der Waals surface area (Å²) in [7, 11) is 3.94. The molecule has 15 atom stereocenters. The number of para-hydroxylation sites is 2. The van der Waals surface area contributed by atoms with E-state index in [9.17, 15) is 97.1 Å². The number of unbranched alkanes of at least 4 members (excludes halogenated alkanes) is 2. The van der Waals surface area contributed by atoms with Crippen LogP contribution in [0.15, 0.2) is 97.7 Å². The number of nitrogens with one attached hydrogen (secondary N) is 13. The van der Waals surface area contributed by atoms with Crippen molar-refractivity contribution < 1.29 is 107 Å². The Labute approximate surface area is 771 Å². The van der Waals surface area contributed by atoms with Crippen LogP contribution in [0.3, 0.4) is 0 Å². The number of carbonyl (C=O) groups excluding carboxylic acids is 17. The Morgan fingerprint density at radius 1 is 0.602 bits per heavy atom. The van der Waals surface area contributed by atoms with E-state index in [0.717, 1.165) is 42.9 Å². The molecule has 16 amide bonds. The fraction of sp³-hybridized carbons (Fsp3) is 0.517. The molecule has 0 unspecified atom stereocenters. The summed E-state index contributed by atoms with van der Waals surface area (Å²) in [6.07, 6.45) is 6.11. The topological polar surface area (TPSA) is 637 Å². The highest BCUT2D eigenvalue weighted by Gasteiger charge is 2.45. The van der Waals surface area contributed by atoms with E-state index in [0.29, 0.717) is 59.7 Å². The molecule has 44 heteroatoms. The van der Waals surface area contributed by atoms with Crippen LogP contribution in [0.1, 0.15) is 134 Å². The van der Waals surface area contributed by atoms with Crippen molar-refractivity contribution in [2.24, 2.45) is 11.5 Å². The lowest BCUT2D eigenvalue weighted by Crippen LogP contribution is -2.61. The number of nitrogens with zero attached hydrogens (tertiary/aromatic N) is 6. The Bertz CT molecular complexity index is 5090. The molecule has 43 nitrogen and oxygen atoms in total. The number of aliphatic carboxylic acids is 1. The van der Waals surface area contributed by atoms with Gasteiger partial charge in [-0.15, -0.1) is 11.8 Å². The SMILES string of the molecule is CCCC[C@@H](C(=O)N(C)[C@@H](CCCC)C(=O)N[C@@H](C)C(=O)N[C@@H](CSCC(=O)N[C@@H](Cc1ccc(O)cc1)C(=O)N(C)[C@@H](C)C(=O)N[C@@H](CC(=O)O)C(=O)N1CCC[C@H]1C(=O)N[C@@H](Cc1cnc[nH]1)C(=O)N[C@@H](CCCNC(C)=O)C(=O)N1C[C@H](O)C[C@H]1C=O)C(=O)NCC(N)=O)N(C)C(=O)[C@H](Cc1c[nH]c2ccccc12)NC(=O)[C@H](CO)NC(=O)[C@@H](N)Cc1c[nH]c2ccccc12. The molecule has 0 radical (unpaired) electrons. The van der Waals surface area contributed by atoms with Gasteiger partial charge in [-0.25, -0.2) is 4.98 Å². The zero-order valence-corrected chi connectivity index (χ0v) is 76.4. The van der Waals surface area contributed by atoms with Gasteiger partial charge in [-0.2, -0.15) is 0 Å². The normalized spacial score (nSPS) is 16.8. The van der Waals surface area contributed by atoms with Gasteiger partial charge in [0.1, 0.15) is 84.5 Å². The minimum absolute atomic E-state index is 0.0126. The van der Waals surface area contributed by atoms with Crippen LogP contribution in [0.2, 0.25) is 0 Å². The highest BCUT2D eigenvalue weighted by Crippen LogP contribution is 2.27. The number of thioether (sulfide) groups is 1. The Morgan fingerprint density at radius 2 is 1.18 bits per heavy atom. The molecule has 6 aromatic rings. The number of rotatable bonds is 52. The van der Waals surface area contributed by atoms with E-state index in [4.69, 9.17) is 11.5 Å². The van der Waals surface area contributed by atoms with Gasteiger partial charge >= 0.3 is 5.97 Å². The smallest absolute Gasteiger partial charge is 0.305 e. The van der Waals surface area contributed by atoms with Crippen molar-refractivity contribution in [2.75, 3.05) is 65.4 Å². The number of hydrogen-bond donors (Lipinski definition) is 19. The van der Waals surface area contributed by atoms with Crippen LogP contribution in [-0.4, -0.2) is 328 Å². The third-order valence-corrected chi connectivity index (χ3v) is 24.4. The lowest BCUT2D eigenvalue weighted by molar-refractivity contribution is -0.149. The number of aliphatic hydroxyl groups is 2. The van der Waals surface area contributed by atoms with Crippen molar-refractivity contribution in [2.45, 2.75) is 228 Å². The summed E-state index contributed by atoms with van der Waals surface area (Å²) < 4.78 is 0.